The third kappa shape index (κ3) is 1.54. The Kier molecular flexibility index (Phi) is 2.43. The fraction of sp³-hybridized carbons (Fsp3) is 0. The van der Waals surface area contributed by atoms with Gasteiger partial charge in [0.25, 0.3) is 0 Å². The van der Waals surface area contributed by atoms with Gasteiger partial charge in [-0.25, -0.2) is 0 Å². The number of carbonyl (C=O) groups is 2. The highest BCUT2D eigenvalue weighted by Gasteiger charge is 2.28. The number of rotatable bonds is 0. The largest absolute Gasteiger partial charge is 0.780 e. The predicted octanol–water partition coefficient (Wildman–Crippen LogP) is 2.27. The molecule has 0 fully saturated rings. The summed E-state index contributed by atoms with van der Waals surface area (Å²) < 4.78 is 0. The number of ketones is 2. The van der Waals surface area contributed by atoms with Crippen LogP contribution in [0.2, 0.25) is 0 Å². The highest BCUT2D eigenvalue weighted by molar-refractivity contribution is 7.59. The van der Waals surface area contributed by atoms with E-state index >= 15 is 0 Å². The van der Waals surface area contributed by atoms with Crippen LogP contribution in [0.15, 0.2) is 46.2 Å². The molecule has 0 N–H and O–H groups in total. The summed E-state index contributed by atoms with van der Waals surface area (Å²) >= 11 is 10.1. The van der Waals surface area contributed by atoms with Gasteiger partial charge in [0, 0.05) is 22.3 Å². The number of hydrogen-bond donors (Lipinski definition) is 0. The molecule has 0 atom stereocenters. The fourth-order valence-corrected chi connectivity index (χ4v) is 2.48. The van der Waals surface area contributed by atoms with Gasteiger partial charge in [0.15, 0.2) is 11.6 Å². The number of carbonyl (C=O) groups excluding carboxylic acids is 2. The molecule has 2 nitrogen and oxygen atoms in total. The van der Waals surface area contributed by atoms with Crippen molar-refractivity contribution in [3.63, 3.8) is 0 Å². The van der Waals surface area contributed by atoms with Crippen LogP contribution in [0.4, 0.5) is 0 Å². The second kappa shape index (κ2) is 3.86. The van der Waals surface area contributed by atoms with Gasteiger partial charge in [-0.1, -0.05) is 36.4 Å². The SMILES string of the molecule is O=C1c2ccc([S-])cc2C(=O)c2ccc([S-])cc21. The van der Waals surface area contributed by atoms with Crippen LogP contribution in [0.3, 0.4) is 0 Å². The van der Waals surface area contributed by atoms with Crippen molar-refractivity contribution in [1.82, 2.24) is 0 Å². The van der Waals surface area contributed by atoms with Gasteiger partial charge in [0.2, 0.25) is 0 Å². The van der Waals surface area contributed by atoms with E-state index in [1.807, 2.05) is 0 Å². The molecule has 4 heteroatoms. The lowest BCUT2D eigenvalue weighted by atomic mass is 9.84. The van der Waals surface area contributed by atoms with Crippen LogP contribution in [-0.4, -0.2) is 11.6 Å². The molecule has 0 bridgehead atoms. The molecular weight excluding hydrogens is 264 g/mol. The first-order valence-corrected chi connectivity index (χ1v) is 6.11. The third-order valence-corrected chi connectivity index (χ3v) is 3.47. The molecule has 0 aliphatic heterocycles. The van der Waals surface area contributed by atoms with Crippen LogP contribution in [-0.2, 0) is 25.3 Å². The molecule has 0 radical (unpaired) electrons. The molecule has 0 spiro atoms. The first kappa shape index (κ1) is 11.3. The van der Waals surface area contributed by atoms with Gasteiger partial charge in [0.05, 0.1) is 0 Å². The molecule has 0 saturated heterocycles. The molecule has 18 heavy (non-hydrogen) atoms. The standard InChI is InChI=1S/C14H8O2S2/c15-13-9-3-1-7(17)5-11(9)14(16)10-4-2-8(18)6-12(10)13/h1-6,17-18H/p-2. The van der Waals surface area contributed by atoms with Gasteiger partial charge in [-0.15, -0.1) is 0 Å². The predicted molar refractivity (Wildman–Crippen MR) is 71.0 cm³/mol. The number of hydrogen-bond acceptors (Lipinski definition) is 4. The summed E-state index contributed by atoms with van der Waals surface area (Å²) in [6, 6.07) is 9.68. The van der Waals surface area contributed by atoms with Crippen LogP contribution < -0.4 is 0 Å². The lowest BCUT2D eigenvalue weighted by Crippen LogP contribution is -2.21. The second-order valence-corrected chi connectivity index (χ2v) is 5.02. The topological polar surface area (TPSA) is 34.1 Å². The average molecular weight is 270 g/mol. The van der Waals surface area contributed by atoms with Crippen molar-refractivity contribution in [2.45, 2.75) is 9.79 Å². The van der Waals surface area contributed by atoms with E-state index in [4.69, 9.17) is 25.3 Å². The molecular formula is C14H6O2S2-2. The van der Waals surface area contributed by atoms with Crippen molar-refractivity contribution >= 4 is 36.8 Å². The quantitative estimate of drug-likeness (QED) is 0.587. The van der Waals surface area contributed by atoms with Gasteiger partial charge in [-0.2, -0.15) is 9.79 Å². The Morgan fingerprint density at radius 3 is 1.39 bits per heavy atom. The zero-order valence-corrected chi connectivity index (χ0v) is 10.7. The van der Waals surface area contributed by atoms with Crippen LogP contribution in [0, 0.1) is 0 Å². The zero-order chi connectivity index (χ0) is 12.9. The normalized spacial score (nSPS) is 13.1. The minimum Gasteiger partial charge on any atom is -0.780 e. The third-order valence-electron chi connectivity index (χ3n) is 2.96. The van der Waals surface area contributed by atoms with Crippen molar-refractivity contribution in [1.29, 1.82) is 0 Å². The first-order chi connectivity index (χ1) is 8.58. The van der Waals surface area contributed by atoms with E-state index < -0.39 is 0 Å². The highest BCUT2D eigenvalue weighted by atomic mass is 32.1. The highest BCUT2D eigenvalue weighted by Crippen LogP contribution is 2.28. The Hall–Kier alpha value is -1.78. The van der Waals surface area contributed by atoms with Crippen molar-refractivity contribution in [3.05, 3.63) is 58.7 Å². The van der Waals surface area contributed by atoms with Gasteiger partial charge >= 0.3 is 0 Å². The average Bonchev–Trinajstić information content (AvgIpc) is 2.36. The minimum absolute atomic E-state index is 0.165. The van der Waals surface area contributed by atoms with Gasteiger partial charge < -0.3 is 25.3 Å². The fourth-order valence-electron chi connectivity index (χ4n) is 2.11. The molecule has 88 valence electrons. The summed E-state index contributed by atoms with van der Waals surface area (Å²) in [5.74, 6) is -0.331. The van der Waals surface area contributed by atoms with E-state index in [9.17, 15) is 9.59 Å². The van der Waals surface area contributed by atoms with E-state index in [2.05, 4.69) is 0 Å². The Morgan fingerprint density at radius 1 is 0.611 bits per heavy atom. The van der Waals surface area contributed by atoms with E-state index in [1.54, 1.807) is 36.4 Å². The smallest absolute Gasteiger partial charge is 0.194 e. The maximum atomic E-state index is 12.3. The second-order valence-electron chi connectivity index (χ2n) is 4.07. The van der Waals surface area contributed by atoms with E-state index in [0.29, 0.717) is 32.0 Å². The molecule has 2 aromatic rings. The summed E-state index contributed by atoms with van der Waals surface area (Å²) in [5.41, 5.74) is 1.58. The molecule has 0 aromatic heterocycles. The van der Waals surface area contributed by atoms with Crippen molar-refractivity contribution in [2.24, 2.45) is 0 Å². The van der Waals surface area contributed by atoms with Crippen molar-refractivity contribution in [2.75, 3.05) is 0 Å². The molecule has 3 rings (SSSR count). The lowest BCUT2D eigenvalue weighted by molar-refractivity contribution is 0.0978. The summed E-state index contributed by atoms with van der Waals surface area (Å²) in [6.45, 7) is 0. The molecule has 0 unspecified atom stereocenters. The van der Waals surface area contributed by atoms with Crippen LogP contribution in [0.5, 0.6) is 0 Å². The molecule has 0 saturated carbocycles. The minimum atomic E-state index is -0.165. The summed E-state index contributed by atoms with van der Waals surface area (Å²) in [5, 5.41) is 0. The first-order valence-electron chi connectivity index (χ1n) is 5.29. The number of fused-ring (bicyclic) bond motifs is 2. The van der Waals surface area contributed by atoms with Crippen molar-refractivity contribution < 1.29 is 9.59 Å². The maximum absolute atomic E-state index is 12.3. The molecule has 0 amide bonds. The molecule has 0 heterocycles. The zero-order valence-electron chi connectivity index (χ0n) is 9.10. The Balaban J connectivity index is 2.31. The molecule has 2 aromatic carbocycles. The summed E-state index contributed by atoms with van der Waals surface area (Å²) in [4.78, 5) is 25.7. The van der Waals surface area contributed by atoms with Crippen LogP contribution in [0.25, 0.3) is 0 Å². The van der Waals surface area contributed by atoms with E-state index in [-0.39, 0.29) is 11.6 Å². The lowest BCUT2D eigenvalue weighted by Gasteiger charge is -2.21. The Bertz CT molecular complexity index is 643. The van der Waals surface area contributed by atoms with Gasteiger partial charge in [-0.05, 0) is 0 Å². The van der Waals surface area contributed by atoms with Crippen molar-refractivity contribution in [3.8, 4) is 0 Å². The van der Waals surface area contributed by atoms with Crippen LogP contribution >= 0.6 is 0 Å². The maximum Gasteiger partial charge on any atom is 0.194 e. The van der Waals surface area contributed by atoms with E-state index in [0.717, 1.165) is 0 Å². The number of benzene rings is 2. The van der Waals surface area contributed by atoms with Gasteiger partial charge in [-0.3, -0.25) is 9.59 Å². The Labute approximate surface area is 115 Å². The summed E-state index contributed by atoms with van der Waals surface area (Å²) in [6.07, 6.45) is 0. The Morgan fingerprint density at radius 2 is 1.00 bits per heavy atom. The van der Waals surface area contributed by atoms with E-state index in [1.165, 1.54) is 0 Å². The van der Waals surface area contributed by atoms with Gasteiger partial charge in [0.1, 0.15) is 0 Å². The summed E-state index contributed by atoms with van der Waals surface area (Å²) in [7, 11) is 0. The monoisotopic (exact) mass is 270 g/mol. The molecule has 1 aliphatic rings. The van der Waals surface area contributed by atoms with Crippen LogP contribution in [0.1, 0.15) is 31.8 Å². The molecule has 1 aliphatic carbocycles.